The third-order valence-corrected chi connectivity index (χ3v) is 3.89. The van der Waals surface area contributed by atoms with E-state index in [9.17, 15) is 9.90 Å². The number of ketones is 1. The average Bonchev–Trinajstić information content (AvgIpc) is 2.56. The molecule has 0 aliphatic carbocycles. The maximum atomic E-state index is 11.9. The Hall–Kier alpha value is -1.93. The van der Waals surface area contributed by atoms with Crippen molar-refractivity contribution in [2.45, 2.75) is 44.6 Å². The largest absolute Gasteiger partial charge is 0.385 e. The molecule has 2 aromatic carbocycles. The molecule has 1 atom stereocenters. The number of hydrogen-bond donors (Lipinski definition) is 1. The van der Waals surface area contributed by atoms with Gasteiger partial charge in [-0.15, -0.1) is 0 Å². The summed E-state index contributed by atoms with van der Waals surface area (Å²) in [6.45, 7) is 0. The first-order chi connectivity index (χ1) is 10.8. The molecule has 0 amide bonds. The lowest BCUT2D eigenvalue weighted by molar-refractivity contribution is -0.127. The Morgan fingerprint density at radius 1 is 0.818 bits per heavy atom. The van der Waals surface area contributed by atoms with Crippen LogP contribution in [0.4, 0.5) is 0 Å². The standard InChI is InChI=1S/C20H24O2/c21-19(15-7-13-17-9-3-1-4-10-17)20(22)16-8-14-18-11-5-2-6-12-18/h1-6,9-12,19,21H,7-8,13-16H2. The lowest BCUT2D eigenvalue weighted by Gasteiger charge is -2.09. The van der Waals surface area contributed by atoms with Gasteiger partial charge in [-0.2, -0.15) is 0 Å². The van der Waals surface area contributed by atoms with E-state index in [1.54, 1.807) is 0 Å². The van der Waals surface area contributed by atoms with E-state index in [1.165, 1.54) is 11.1 Å². The van der Waals surface area contributed by atoms with Gasteiger partial charge in [0.25, 0.3) is 0 Å². The molecular formula is C20H24O2. The molecule has 0 bridgehead atoms. The van der Waals surface area contributed by atoms with Crippen LogP contribution in [0.3, 0.4) is 0 Å². The summed E-state index contributed by atoms with van der Waals surface area (Å²) in [6.07, 6.45) is 3.66. The van der Waals surface area contributed by atoms with Crippen LogP contribution in [-0.2, 0) is 17.6 Å². The van der Waals surface area contributed by atoms with Crippen molar-refractivity contribution in [3.63, 3.8) is 0 Å². The molecule has 1 unspecified atom stereocenters. The minimum absolute atomic E-state index is 0.0241. The van der Waals surface area contributed by atoms with Crippen molar-refractivity contribution >= 4 is 5.78 Å². The van der Waals surface area contributed by atoms with Crippen LogP contribution in [0.25, 0.3) is 0 Å². The molecule has 0 fully saturated rings. The van der Waals surface area contributed by atoms with Crippen molar-refractivity contribution in [2.24, 2.45) is 0 Å². The van der Waals surface area contributed by atoms with Gasteiger partial charge in [0.15, 0.2) is 5.78 Å². The number of aliphatic hydroxyl groups is 1. The van der Waals surface area contributed by atoms with Gasteiger partial charge in [-0.3, -0.25) is 4.79 Å². The van der Waals surface area contributed by atoms with Gasteiger partial charge in [0.2, 0.25) is 0 Å². The second-order valence-electron chi connectivity index (χ2n) is 5.70. The first-order valence-electron chi connectivity index (χ1n) is 8.04. The highest BCUT2D eigenvalue weighted by Crippen LogP contribution is 2.10. The van der Waals surface area contributed by atoms with E-state index in [2.05, 4.69) is 24.3 Å². The third kappa shape index (κ3) is 5.82. The lowest BCUT2D eigenvalue weighted by Crippen LogP contribution is -2.20. The molecule has 116 valence electrons. The zero-order valence-electron chi connectivity index (χ0n) is 12.9. The van der Waals surface area contributed by atoms with E-state index in [0.29, 0.717) is 12.8 Å². The maximum absolute atomic E-state index is 11.9. The van der Waals surface area contributed by atoms with Crippen LogP contribution in [0, 0.1) is 0 Å². The summed E-state index contributed by atoms with van der Waals surface area (Å²) in [6, 6.07) is 20.3. The zero-order chi connectivity index (χ0) is 15.6. The summed E-state index contributed by atoms with van der Waals surface area (Å²) in [5.74, 6) is -0.0241. The fourth-order valence-electron chi connectivity index (χ4n) is 2.58. The number of aryl methyl sites for hydroxylation is 2. The SMILES string of the molecule is O=C(CCCc1ccccc1)C(O)CCCc1ccccc1. The van der Waals surface area contributed by atoms with E-state index < -0.39 is 6.10 Å². The molecule has 2 nitrogen and oxygen atoms in total. The summed E-state index contributed by atoms with van der Waals surface area (Å²) in [5, 5.41) is 9.94. The van der Waals surface area contributed by atoms with Gasteiger partial charge in [0.1, 0.15) is 6.10 Å². The molecule has 22 heavy (non-hydrogen) atoms. The predicted octanol–water partition coefficient (Wildman–Crippen LogP) is 3.96. The molecule has 0 saturated carbocycles. The summed E-state index contributed by atoms with van der Waals surface area (Å²) in [4.78, 5) is 11.9. The monoisotopic (exact) mass is 296 g/mol. The number of carbonyl (C=O) groups is 1. The van der Waals surface area contributed by atoms with Gasteiger partial charge >= 0.3 is 0 Å². The van der Waals surface area contributed by atoms with E-state index in [0.717, 1.165) is 25.7 Å². The zero-order valence-corrected chi connectivity index (χ0v) is 12.9. The fraction of sp³-hybridized carbons (Fsp3) is 0.350. The molecule has 0 aromatic heterocycles. The molecule has 0 radical (unpaired) electrons. The van der Waals surface area contributed by atoms with Crippen molar-refractivity contribution < 1.29 is 9.90 Å². The number of rotatable bonds is 9. The topological polar surface area (TPSA) is 37.3 Å². The van der Waals surface area contributed by atoms with Crippen LogP contribution >= 0.6 is 0 Å². The van der Waals surface area contributed by atoms with Crippen LogP contribution in [0.1, 0.15) is 36.8 Å². The lowest BCUT2D eigenvalue weighted by atomic mass is 10.00. The molecule has 0 spiro atoms. The van der Waals surface area contributed by atoms with E-state index >= 15 is 0 Å². The number of hydrogen-bond acceptors (Lipinski definition) is 2. The number of Topliss-reactive ketones (excluding diaryl/α,β-unsaturated/α-hetero) is 1. The van der Waals surface area contributed by atoms with Crippen molar-refractivity contribution in [1.82, 2.24) is 0 Å². The molecule has 2 heteroatoms. The quantitative estimate of drug-likeness (QED) is 0.760. The molecule has 2 aromatic rings. The molecule has 1 N–H and O–H groups in total. The van der Waals surface area contributed by atoms with Gasteiger partial charge in [-0.05, 0) is 43.2 Å². The van der Waals surface area contributed by atoms with E-state index in [-0.39, 0.29) is 5.78 Å². The highest BCUT2D eigenvalue weighted by atomic mass is 16.3. The average molecular weight is 296 g/mol. The highest BCUT2D eigenvalue weighted by Gasteiger charge is 2.14. The minimum atomic E-state index is -0.806. The van der Waals surface area contributed by atoms with Gasteiger partial charge in [-0.1, -0.05) is 60.7 Å². The number of aliphatic hydroxyl groups excluding tert-OH is 1. The predicted molar refractivity (Wildman–Crippen MR) is 89.8 cm³/mol. The Bertz CT molecular complexity index is 548. The molecule has 0 heterocycles. The maximum Gasteiger partial charge on any atom is 0.161 e. The molecule has 0 saturated heterocycles. The van der Waals surface area contributed by atoms with Crippen molar-refractivity contribution in [3.05, 3.63) is 71.8 Å². The molecule has 0 aliphatic heterocycles. The van der Waals surface area contributed by atoms with Gasteiger partial charge < -0.3 is 5.11 Å². The second-order valence-corrected chi connectivity index (χ2v) is 5.70. The van der Waals surface area contributed by atoms with Crippen LogP contribution in [0.2, 0.25) is 0 Å². The van der Waals surface area contributed by atoms with Gasteiger partial charge in [-0.25, -0.2) is 0 Å². The summed E-state index contributed by atoms with van der Waals surface area (Å²) >= 11 is 0. The Morgan fingerprint density at radius 3 is 1.86 bits per heavy atom. The van der Waals surface area contributed by atoms with Crippen molar-refractivity contribution in [1.29, 1.82) is 0 Å². The van der Waals surface area contributed by atoms with Crippen molar-refractivity contribution in [3.8, 4) is 0 Å². The van der Waals surface area contributed by atoms with E-state index in [1.807, 2.05) is 36.4 Å². The first-order valence-corrected chi connectivity index (χ1v) is 8.04. The van der Waals surface area contributed by atoms with Gasteiger partial charge in [0, 0.05) is 6.42 Å². The normalized spacial score (nSPS) is 12.0. The fourth-order valence-corrected chi connectivity index (χ4v) is 2.58. The van der Waals surface area contributed by atoms with Crippen LogP contribution < -0.4 is 0 Å². The molecule has 2 rings (SSSR count). The van der Waals surface area contributed by atoms with Crippen LogP contribution in [0.15, 0.2) is 60.7 Å². The number of benzene rings is 2. The van der Waals surface area contributed by atoms with Crippen molar-refractivity contribution in [2.75, 3.05) is 0 Å². The van der Waals surface area contributed by atoms with Crippen LogP contribution in [-0.4, -0.2) is 17.0 Å². The Kier molecular flexibility index (Phi) is 6.85. The smallest absolute Gasteiger partial charge is 0.161 e. The molecular weight excluding hydrogens is 272 g/mol. The Balaban J connectivity index is 1.62. The summed E-state index contributed by atoms with van der Waals surface area (Å²) in [5.41, 5.74) is 2.50. The van der Waals surface area contributed by atoms with Gasteiger partial charge in [0.05, 0.1) is 0 Å². The second kappa shape index (κ2) is 9.16. The van der Waals surface area contributed by atoms with Crippen LogP contribution in [0.5, 0.6) is 0 Å². The Morgan fingerprint density at radius 2 is 1.32 bits per heavy atom. The number of carbonyl (C=O) groups excluding carboxylic acids is 1. The highest BCUT2D eigenvalue weighted by molar-refractivity contribution is 5.82. The molecule has 0 aliphatic rings. The summed E-state index contributed by atoms with van der Waals surface area (Å²) < 4.78 is 0. The Labute approximate surface area is 132 Å². The first kappa shape index (κ1) is 16.4. The third-order valence-electron chi connectivity index (χ3n) is 3.89. The summed E-state index contributed by atoms with van der Waals surface area (Å²) in [7, 11) is 0. The van der Waals surface area contributed by atoms with E-state index in [4.69, 9.17) is 0 Å². The minimum Gasteiger partial charge on any atom is -0.385 e.